The van der Waals surface area contributed by atoms with E-state index in [2.05, 4.69) is 4.98 Å². The smallest absolute Gasteiger partial charge is 0.281 e. The van der Waals surface area contributed by atoms with Crippen LogP contribution in [0.3, 0.4) is 0 Å². The number of halogens is 2. The van der Waals surface area contributed by atoms with Gasteiger partial charge in [0.05, 0.1) is 11.2 Å². The van der Waals surface area contributed by atoms with Crippen molar-refractivity contribution in [1.82, 2.24) is 9.55 Å². The summed E-state index contributed by atoms with van der Waals surface area (Å²) in [5.74, 6) is -1.30. The van der Waals surface area contributed by atoms with Crippen molar-refractivity contribution in [3.63, 3.8) is 0 Å². The molecule has 1 aliphatic rings. The number of pyridine rings is 1. The maximum absolute atomic E-state index is 14.6. The molecule has 4 aromatic rings. The molecule has 2 aromatic carbocycles. The first kappa shape index (κ1) is 17.8. The Bertz CT molecular complexity index is 1370. The molecule has 0 aliphatic heterocycles. The quantitative estimate of drug-likeness (QED) is 0.513. The van der Waals surface area contributed by atoms with Gasteiger partial charge in [0.2, 0.25) is 5.89 Å². The van der Waals surface area contributed by atoms with Crippen LogP contribution in [0, 0.1) is 18.6 Å². The first-order valence-corrected chi connectivity index (χ1v) is 9.23. The first-order chi connectivity index (χ1) is 13.9. The number of rotatable bonds is 3. The SMILES string of the molecule is Cc1c(-c2cc(F)c(N)cc2F)ccc2c3oc(CO)nc3c(=O)n(C3CC3)c12. The van der Waals surface area contributed by atoms with Gasteiger partial charge in [-0.25, -0.2) is 13.8 Å². The average Bonchev–Trinajstić information content (AvgIpc) is 3.43. The lowest BCUT2D eigenvalue weighted by Gasteiger charge is -2.16. The lowest BCUT2D eigenvalue weighted by atomic mass is 9.96. The molecule has 2 heterocycles. The van der Waals surface area contributed by atoms with E-state index < -0.39 is 18.2 Å². The number of nitrogen functional groups attached to an aromatic ring is 1. The number of hydrogen-bond acceptors (Lipinski definition) is 5. The molecule has 6 nitrogen and oxygen atoms in total. The van der Waals surface area contributed by atoms with Gasteiger partial charge < -0.3 is 19.8 Å². The number of aliphatic hydroxyl groups is 1. The zero-order valence-electron chi connectivity index (χ0n) is 15.5. The molecule has 148 valence electrons. The van der Waals surface area contributed by atoms with E-state index in [0.717, 1.165) is 25.0 Å². The van der Waals surface area contributed by atoms with E-state index in [9.17, 15) is 18.7 Å². The van der Waals surface area contributed by atoms with Gasteiger partial charge in [-0.1, -0.05) is 6.07 Å². The summed E-state index contributed by atoms with van der Waals surface area (Å²) in [5, 5.41) is 10.0. The molecule has 2 aromatic heterocycles. The minimum atomic E-state index is -0.709. The van der Waals surface area contributed by atoms with E-state index in [-0.39, 0.29) is 39.8 Å². The second kappa shape index (κ2) is 6.12. The third kappa shape index (κ3) is 2.56. The number of fused-ring (bicyclic) bond motifs is 3. The molecule has 3 N–H and O–H groups in total. The van der Waals surface area contributed by atoms with Gasteiger partial charge in [0.1, 0.15) is 18.2 Å². The van der Waals surface area contributed by atoms with Gasteiger partial charge in [-0.15, -0.1) is 0 Å². The Morgan fingerprint density at radius 2 is 2.00 bits per heavy atom. The summed E-state index contributed by atoms with van der Waals surface area (Å²) in [5.41, 5.74) is 7.08. The Morgan fingerprint density at radius 3 is 2.69 bits per heavy atom. The molecular formula is C21H17F2N3O3. The van der Waals surface area contributed by atoms with Gasteiger partial charge in [-0.3, -0.25) is 4.79 Å². The van der Waals surface area contributed by atoms with Crippen LogP contribution in [0.25, 0.3) is 33.1 Å². The molecule has 1 saturated carbocycles. The van der Waals surface area contributed by atoms with Crippen LogP contribution in [0.15, 0.2) is 33.5 Å². The zero-order chi connectivity index (χ0) is 20.4. The van der Waals surface area contributed by atoms with E-state index >= 15 is 0 Å². The van der Waals surface area contributed by atoms with Crippen LogP contribution >= 0.6 is 0 Å². The molecule has 29 heavy (non-hydrogen) atoms. The molecule has 0 spiro atoms. The molecule has 0 saturated heterocycles. The third-order valence-corrected chi connectivity index (χ3v) is 5.43. The lowest BCUT2D eigenvalue weighted by molar-refractivity contribution is 0.244. The highest BCUT2D eigenvalue weighted by atomic mass is 19.1. The summed E-state index contributed by atoms with van der Waals surface area (Å²) in [6.07, 6.45) is 1.69. The van der Waals surface area contributed by atoms with E-state index in [4.69, 9.17) is 10.2 Å². The largest absolute Gasteiger partial charge is 0.437 e. The van der Waals surface area contributed by atoms with Crippen LogP contribution in [0.4, 0.5) is 14.5 Å². The maximum Gasteiger partial charge on any atom is 0.281 e. The summed E-state index contributed by atoms with van der Waals surface area (Å²) >= 11 is 0. The van der Waals surface area contributed by atoms with Crippen molar-refractivity contribution in [3.8, 4) is 11.1 Å². The molecular weight excluding hydrogens is 380 g/mol. The summed E-state index contributed by atoms with van der Waals surface area (Å²) < 4.78 is 35.9. The van der Waals surface area contributed by atoms with Gasteiger partial charge in [-0.05, 0) is 43.0 Å². The molecule has 0 radical (unpaired) electrons. The summed E-state index contributed by atoms with van der Waals surface area (Å²) in [6, 6.07) is 5.41. The molecule has 5 rings (SSSR count). The number of nitrogens with zero attached hydrogens (tertiary/aromatic N) is 2. The fourth-order valence-corrected chi connectivity index (χ4v) is 3.91. The second-order valence-corrected chi connectivity index (χ2v) is 7.34. The van der Waals surface area contributed by atoms with Crippen LogP contribution in [-0.4, -0.2) is 14.7 Å². The summed E-state index contributed by atoms with van der Waals surface area (Å²) in [6.45, 7) is 1.34. The second-order valence-electron chi connectivity index (χ2n) is 7.34. The van der Waals surface area contributed by atoms with E-state index in [0.29, 0.717) is 22.0 Å². The highest BCUT2D eigenvalue weighted by molar-refractivity contribution is 6.04. The standard InChI is InChI=1S/C21H17F2N3O3/c1-9-11(13-6-15(23)16(24)7-14(13)22)4-5-12-19(9)26(10-2-3-10)21(28)18-20(12)29-17(8-27)25-18/h4-7,10,27H,2-3,8,24H2,1H3. The number of aryl methyl sites for hydroxylation is 1. The van der Waals surface area contributed by atoms with Crippen molar-refractivity contribution in [2.24, 2.45) is 0 Å². The number of aromatic nitrogens is 2. The number of aliphatic hydroxyl groups excluding tert-OH is 1. The maximum atomic E-state index is 14.6. The van der Waals surface area contributed by atoms with Crippen LogP contribution < -0.4 is 11.3 Å². The molecule has 0 atom stereocenters. The Labute approximate surface area is 163 Å². The van der Waals surface area contributed by atoms with Crippen molar-refractivity contribution in [3.05, 3.63) is 57.7 Å². The van der Waals surface area contributed by atoms with E-state index in [1.807, 2.05) is 0 Å². The summed E-state index contributed by atoms with van der Waals surface area (Å²) in [7, 11) is 0. The highest BCUT2D eigenvalue weighted by Gasteiger charge is 2.30. The average molecular weight is 397 g/mol. The van der Waals surface area contributed by atoms with Crippen molar-refractivity contribution < 1.29 is 18.3 Å². The number of oxazole rings is 1. The normalized spacial score (nSPS) is 14.2. The van der Waals surface area contributed by atoms with E-state index in [1.165, 1.54) is 0 Å². The highest BCUT2D eigenvalue weighted by Crippen LogP contribution is 2.41. The van der Waals surface area contributed by atoms with Crippen LogP contribution in [-0.2, 0) is 6.61 Å². The van der Waals surface area contributed by atoms with Gasteiger partial charge in [0.15, 0.2) is 11.1 Å². The minimum Gasteiger partial charge on any atom is -0.437 e. The lowest BCUT2D eigenvalue weighted by Crippen LogP contribution is -2.20. The van der Waals surface area contributed by atoms with Gasteiger partial charge in [-0.2, -0.15) is 0 Å². The van der Waals surface area contributed by atoms with E-state index in [1.54, 1.807) is 23.6 Å². The first-order valence-electron chi connectivity index (χ1n) is 9.23. The molecule has 1 aliphatic carbocycles. The van der Waals surface area contributed by atoms with Crippen LogP contribution in [0.5, 0.6) is 0 Å². The molecule has 0 bridgehead atoms. The van der Waals surface area contributed by atoms with Crippen molar-refractivity contribution >= 4 is 27.7 Å². The number of nitrogens with two attached hydrogens (primary N) is 1. The Kier molecular flexibility index (Phi) is 3.76. The Hall–Kier alpha value is -3.26. The topological polar surface area (TPSA) is 94.3 Å². The number of hydrogen-bond donors (Lipinski definition) is 2. The molecule has 0 amide bonds. The Morgan fingerprint density at radius 1 is 1.24 bits per heavy atom. The Balaban J connectivity index is 1.90. The van der Waals surface area contributed by atoms with Crippen LogP contribution in [0.2, 0.25) is 0 Å². The van der Waals surface area contributed by atoms with Crippen LogP contribution in [0.1, 0.15) is 30.3 Å². The predicted molar refractivity (Wildman–Crippen MR) is 104 cm³/mol. The third-order valence-electron chi connectivity index (χ3n) is 5.43. The molecule has 8 heteroatoms. The number of benzene rings is 2. The minimum absolute atomic E-state index is 0.0191. The van der Waals surface area contributed by atoms with Crippen molar-refractivity contribution in [1.29, 1.82) is 0 Å². The zero-order valence-corrected chi connectivity index (χ0v) is 15.5. The fraction of sp³-hybridized carbons (Fsp3) is 0.238. The fourth-order valence-electron chi connectivity index (χ4n) is 3.91. The molecule has 0 unspecified atom stereocenters. The summed E-state index contributed by atoms with van der Waals surface area (Å²) in [4.78, 5) is 17.3. The monoisotopic (exact) mass is 397 g/mol. The number of anilines is 1. The van der Waals surface area contributed by atoms with Gasteiger partial charge in [0.25, 0.3) is 5.56 Å². The van der Waals surface area contributed by atoms with Crippen molar-refractivity contribution in [2.45, 2.75) is 32.4 Å². The van der Waals surface area contributed by atoms with Gasteiger partial charge >= 0.3 is 0 Å². The molecule has 1 fully saturated rings. The van der Waals surface area contributed by atoms with Gasteiger partial charge in [0, 0.05) is 23.1 Å². The van der Waals surface area contributed by atoms with Crippen molar-refractivity contribution in [2.75, 3.05) is 5.73 Å². The predicted octanol–water partition coefficient (Wildman–Crippen LogP) is 3.81.